The molecule has 0 spiro atoms. The number of aryl methyl sites for hydroxylation is 1. The van der Waals surface area contributed by atoms with Gasteiger partial charge in [0, 0.05) is 52.4 Å². The van der Waals surface area contributed by atoms with E-state index in [-0.39, 0.29) is 0 Å². The number of rotatable bonds is 5. The summed E-state index contributed by atoms with van der Waals surface area (Å²) < 4.78 is 5.17. The van der Waals surface area contributed by atoms with Crippen molar-refractivity contribution in [1.29, 1.82) is 0 Å². The summed E-state index contributed by atoms with van der Waals surface area (Å²) in [6.07, 6.45) is 6.75. The number of nitrogens with zero attached hydrogens (tertiary/aromatic N) is 4. The van der Waals surface area contributed by atoms with Crippen molar-refractivity contribution in [3.05, 3.63) is 17.5 Å². The highest BCUT2D eigenvalue weighted by molar-refractivity contribution is 5.80. The Balaban J connectivity index is 1.47. The van der Waals surface area contributed by atoms with Crippen molar-refractivity contribution < 1.29 is 4.52 Å². The van der Waals surface area contributed by atoms with E-state index < -0.39 is 0 Å². The molecule has 1 N–H and O–H groups in total. The molecular formula is C19H33N5O. The molecule has 1 aliphatic carbocycles. The van der Waals surface area contributed by atoms with Crippen molar-refractivity contribution in [2.75, 3.05) is 39.8 Å². The Morgan fingerprint density at radius 1 is 1.28 bits per heavy atom. The maximum Gasteiger partial charge on any atom is 0.193 e. The van der Waals surface area contributed by atoms with E-state index in [0.717, 1.165) is 56.7 Å². The average Bonchev–Trinajstić information content (AvgIpc) is 3.26. The van der Waals surface area contributed by atoms with Gasteiger partial charge in [0.1, 0.15) is 5.76 Å². The van der Waals surface area contributed by atoms with Crippen LogP contribution in [0, 0.1) is 12.3 Å². The number of aliphatic imine (C=N–C) groups is 1. The van der Waals surface area contributed by atoms with Crippen LogP contribution in [0.25, 0.3) is 0 Å². The Bertz CT molecular complexity index is 568. The minimum absolute atomic E-state index is 0.489. The Hall–Kier alpha value is -1.56. The number of hydrogen-bond acceptors (Lipinski definition) is 4. The minimum atomic E-state index is 0.489. The van der Waals surface area contributed by atoms with Crippen LogP contribution in [0.5, 0.6) is 0 Å². The zero-order valence-corrected chi connectivity index (χ0v) is 16.1. The summed E-state index contributed by atoms with van der Waals surface area (Å²) in [5.41, 5.74) is 1.52. The van der Waals surface area contributed by atoms with Crippen molar-refractivity contribution in [3.63, 3.8) is 0 Å². The Morgan fingerprint density at radius 2 is 2.00 bits per heavy atom. The van der Waals surface area contributed by atoms with Crippen LogP contribution in [0.3, 0.4) is 0 Å². The molecule has 6 nitrogen and oxygen atoms in total. The molecule has 0 amide bonds. The highest BCUT2D eigenvalue weighted by atomic mass is 16.5. The van der Waals surface area contributed by atoms with Gasteiger partial charge in [0.15, 0.2) is 5.96 Å². The average molecular weight is 348 g/mol. The first-order valence-electron chi connectivity index (χ1n) is 9.74. The maximum absolute atomic E-state index is 5.17. The lowest BCUT2D eigenvalue weighted by atomic mass is 9.83. The number of hydrogen-bond donors (Lipinski definition) is 1. The maximum atomic E-state index is 5.17. The fourth-order valence-electron chi connectivity index (χ4n) is 4.22. The molecule has 1 saturated heterocycles. The molecule has 1 aromatic heterocycles. The van der Waals surface area contributed by atoms with Crippen LogP contribution in [0.15, 0.2) is 15.6 Å². The lowest BCUT2D eigenvalue weighted by Gasteiger charge is -2.37. The first-order valence-corrected chi connectivity index (χ1v) is 9.74. The van der Waals surface area contributed by atoms with E-state index in [4.69, 9.17) is 4.52 Å². The van der Waals surface area contributed by atoms with Gasteiger partial charge in [0.25, 0.3) is 0 Å². The predicted molar refractivity (Wildman–Crippen MR) is 101 cm³/mol. The fourth-order valence-corrected chi connectivity index (χ4v) is 4.22. The molecule has 0 aromatic carbocycles. The normalized spacial score (nSPS) is 21.7. The lowest BCUT2D eigenvalue weighted by Crippen LogP contribution is -2.53. The van der Waals surface area contributed by atoms with E-state index in [0.29, 0.717) is 5.41 Å². The van der Waals surface area contributed by atoms with Crippen LogP contribution in [0.1, 0.15) is 50.5 Å². The molecule has 6 heteroatoms. The van der Waals surface area contributed by atoms with Crippen LogP contribution >= 0.6 is 0 Å². The molecule has 2 fully saturated rings. The quantitative estimate of drug-likeness (QED) is 0.655. The summed E-state index contributed by atoms with van der Waals surface area (Å²) in [4.78, 5) is 9.36. The minimum Gasteiger partial charge on any atom is -0.361 e. The topological polar surface area (TPSA) is 56.9 Å². The summed E-state index contributed by atoms with van der Waals surface area (Å²) in [6.45, 7) is 10.3. The fraction of sp³-hybridized carbons (Fsp3) is 0.789. The summed E-state index contributed by atoms with van der Waals surface area (Å²) in [5.74, 6) is 1.95. The van der Waals surface area contributed by atoms with Gasteiger partial charge in [0.05, 0.1) is 5.69 Å². The first-order chi connectivity index (χ1) is 12.1. The van der Waals surface area contributed by atoms with Gasteiger partial charge >= 0.3 is 0 Å². The summed E-state index contributed by atoms with van der Waals surface area (Å²) in [6, 6.07) is 2.03. The van der Waals surface area contributed by atoms with Gasteiger partial charge in [0.2, 0.25) is 0 Å². The molecule has 1 aliphatic heterocycles. The Kier molecular flexibility index (Phi) is 5.99. The standard InChI is InChI=1S/C19H33N5O/c1-4-19(7-5-6-8-19)15-21-18(20-3)24-11-9-23(10-12-24)14-17-13-16(2)25-22-17/h13H,4-12,14-15H2,1-3H3,(H,20,21). The van der Waals surface area contributed by atoms with E-state index in [2.05, 4.69) is 32.2 Å². The highest BCUT2D eigenvalue weighted by Gasteiger charge is 2.32. The van der Waals surface area contributed by atoms with Gasteiger partial charge in [-0.25, -0.2) is 0 Å². The number of nitrogens with one attached hydrogen (secondary N) is 1. The zero-order valence-electron chi connectivity index (χ0n) is 16.1. The van der Waals surface area contributed by atoms with Gasteiger partial charge in [-0.05, 0) is 31.6 Å². The third-order valence-corrected chi connectivity index (χ3v) is 5.98. The van der Waals surface area contributed by atoms with E-state index in [1.54, 1.807) is 0 Å². The van der Waals surface area contributed by atoms with E-state index in [1.807, 2.05) is 20.0 Å². The van der Waals surface area contributed by atoms with Crippen LogP contribution in [0.2, 0.25) is 0 Å². The number of piperazine rings is 1. The summed E-state index contributed by atoms with van der Waals surface area (Å²) >= 11 is 0. The van der Waals surface area contributed by atoms with Crippen molar-refractivity contribution in [2.45, 2.75) is 52.5 Å². The van der Waals surface area contributed by atoms with Crippen molar-refractivity contribution in [2.24, 2.45) is 10.4 Å². The molecule has 140 valence electrons. The van der Waals surface area contributed by atoms with E-state index >= 15 is 0 Å². The first kappa shape index (κ1) is 18.2. The van der Waals surface area contributed by atoms with Gasteiger partial charge in [-0.2, -0.15) is 0 Å². The van der Waals surface area contributed by atoms with Crippen LogP contribution in [0.4, 0.5) is 0 Å². The molecule has 0 bridgehead atoms. The van der Waals surface area contributed by atoms with E-state index in [1.165, 1.54) is 32.1 Å². The molecular weight excluding hydrogens is 314 g/mol. The van der Waals surface area contributed by atoms with Gasteiger partial charge in [-0.3, -0.25) is 9.89 Å². The molecule has 0 atom stereocenters. The van der Waals surface area contributed by atoms with Gasteiger partial charge in [-0.15, -0.1) is 0 Å². The largest absolute Gasteiger partial charge is 0.361 e. The molecule has 3 rings (SSSR count). The number of aromatic nitrogens is 1. The van der Waals surface area contributed by atoms with Crippen LogP contribution in [-0.2, 0) is 6.54 Å². The molecule has 2 heterocycles. The monoisotopic (exact) mass is 347 g/mol. The molecule has 0 unspecified atom stereocenters. The van der Waals surface area contributed by atoms with E-state index in [9.17, 15) is 0 Å². The van der Waals surface area contributed by atoms with Crippen molar-refractivity contribution in [1.82, 2.24) is 20.3 Å². The molecule has 1 aromatic rings. The summed E-state index contributed by atoms with van der Waals surface area (Å²) in [5, 5.41) is 7.78. The smallest absolute Gasteiger partial charge is 0.193 e. The van der Waals surface area contributed by atoms with Crippen LogP contribution < -0.4 is 5.32 Å². The molecule has 1 saturated carbocycles. The second kappa shape index (κ2) is 8.21. The van der Waals surface area contributed by atoms with Crippen molar-refractivity contribution in [3.8, 4) is 0 Å². The summed E-state index contributed by atoms with van der Waals surface area (Å²) in [7, 11) is 1.90. The predicted octanol–water partition coefficient (Wildman–Crippen LogP) is 2.65. The third kappa shape index (κ3) is 4.54. The molecule has 2 aliphatic rings. The van der Waals surface area contributed by atoms with Gasteiger partial charge < -0.3 is 14.7 Å². The second-order valence-electron chi connectivity index (χ2n) is 7.65. The Labute approximate surface area is 151 Å². The van der Waals surface area contributed by atoms with Crippen LogP contribution in [-0.4, -0.2) is 60.7 Å². The zero-order chi connectivity index (χ0) is 17.7. The molecule has 25 heavy (non-hydrogen) atoms. The van der Waals surface area contributed by atoms with Crippen molar-refractivity contribution >= 4 is 5.96 Å². The SMILES string of the molecule is CCC1(CNC(=NC)N2CCN(Cc3cc(C)on3)CC2)CCCC1. The van der Waals surface area contributed by atoms with Gasteiger partial charge in [-0.1, -0.05) is 24.9 Å². The molecule has 0 radical (unpaired) electrons. The Morgan fingerprint density at radius 3 is 2.56 bits per heavy atom. The highest BCUT2D eigenvalue weighted by Crippen LogP contribution is 2.40. The third-order valence-electron chi connectivity index (χ3n) is 5.98. The second-order valence-corrected chi connectivity index (χ2v) is 7.65. The lowest BCUT2D eigenvalue weighted by molar-refractivity contribution is 0.167. The number of guanidine groups is 1.